The summed E-state index contributed by atoms with van der Waals surface area (Å²) < 4.78 is 5.39. The van der Waals surface area contributed by atoms with Crippen molar-refractivity contribution in [2.75, 3.05) is 4.90 Å². The largest absolute Gasteiger partial charge is 0.376 e. The fourth-order valence-corrected chi connectivity index (χ4v) is 13.4. The van der Waals surface area contributed by atoms with Gasteiger partial charge in [0.25, 0.3) is 0 Å². The van der Waals surface area contributed by atoms with Gasteiger partial charge in [0.15, 0.2) is 0 Å². The molecule has 2 aliphatic heterocycles. The number of anilines is 2. The topological polar surface area (TPSA) is 13.1 Å². The second-order valence-corrected chi connectivity index (χ2v) is 26.7. The molecule has 0 N–H and O–H groups in total. The van der Waals surface area contributed by atoms with Gasteiger partial charge in [0.1, 0.15) is 0 Å². The van der Waals surface area contributed by atoms with Gasteiger partial charge in [-0.1, -0.05) is 206 Å². The summed E-state index contributed by atoms with van der Waals surface area (Å²) in [4.78, 5) is 2.71. The number of para-hydroxylation sites is 1. The Labute approximate surface area is 445 Å². The van der Waals surface area contributed by atoms with Gasteiger partial charge in [0.2, 0.25) is 0 Å². The van der Waals surface area contributed by atoms with Crippen LogP contribution in [0, 0.1) is 5.41 Å². The number of hydrogen-bond donors (Lipinski definition) is 0. The van der Waals surface area contributed by atoms with Crippen LogP contribution < -0.4 is 10.4 Å². The standard InChI is InChI=1S/C71H70BN3/c1-67(2,3)45-30-34-50(35-31-45)74-58-41-48(70(10,11)12)40-54-61-60-53-39-47(69(7,8)9)32-36-55(53)73(49-28-22-17-23-29-49)57(60)42-52-51-38-46(68(4,5)6)33-37-56(51)75(64(52)61)72(63(54)58)66-65(74)59(43-24-18-15-19-25-43)62(71(66,13)14)44-26-20-16-21-27-44/h15-42H,1-14H3. The summed E-state index contributed by atoms with van der Waals surface area (Å²) in [5, 5.41) is 5.23. The van der Waals surface area contributed by atoms with Crippen LogP contribution in [0.15, 0.2) is 181 Å². The molecule has 372 valence electrons. The van der Waals surface area contributed by atoms with Gasteiger partial charge in [-0.3, -0.25) is 0 Å². The van der Waals surface area contributed by atoms with Crippen molar-refractivity contribution in [2.45, 2.75) is 119 Å². The number of fused-ring (bicyclic) bond motifs is 10. The first-order valence-electron chi connectivity index (χ1n) is 27.4. The Bertz CT molecular complexity index is 4080. The van der Waals surface area contributed by atoms with Gasteiger partial charge in [0.05, 0.1) is 11.0 Å². The lowest BCUT2D eigenvalue weighted by Crippen LogP contribution is -2.52. The third-order valence-electron chi connectivity index (χ3n) is 17.3. The van der Waals surface area contributed by atoms with Gasteiger partial charge in [-0.25, -0.2) is 0 Å². The average Bonchev–Trinajstić information content (AvgIpc) is 4.02. The molecule has 8 aromatic carbocycles. The molecular formula is C71H70BN3. The smallest absolute Gasteiger partial charge is 0.329 e. The highest BCUT2D eigenvalue weighted by atomic mass is 15.2. The van der Waals surface area contributed by atoms with E-state index in [9.17, 15) is 0 Å². The van der Waals surface area contributed by atoms with E-state index in [0.717, 1.165) is 0 Å². The molecule has 0 atom stereocenters. The van der Waals surface area contributed by atoms with Crippen molar-refractivity contribution in [3.05, 3.63) is 214 Å². The van der Waals surface area contributed by atoms with Gasteiger partial charge in [0, 0.05) is 71.9 Å². The number of aromatic nitrogens is 2. The predicted molar refractivity (Wildman–Crippen MR) is 324 cm³/mol. The number of hydrogen-bond acceptors (Lipinski definition) is 1. The Morgan fingerprint density at radius 2 is 0.973 bits per heavy atom. The van der Waals surface area contributed by atoms with Gasteiger partial charge in [-0.15, -0.1) is 0 Å². The summed E-state index contributed by atoms with van der Waals surface area (Å²) in [6, 6.07) is 65.8. The third kappa shape index (κ3) is 6.93. The van der Waals surface area contributed by atoms with Gasteiger partial charge in [-0.2, -0.15) is 0 Å². The molecule has 0 spiro atoms. The first kappa shape index (κ1) is 47.4. The molecule has 0 bridgehead atoms. The zero-order valence-corrected chi connectivity index (χ0v) is 46.6. The van der Waals surface area contributed by atoms with Crippen LogP contribution in [-0.2, 0) is 21.7 Å². The van der Waals surface area contributed by atoms with E-state index < -0.39 is 5.41 Å². The maximum absolute atomic E-state index is 2.83. The summed E-state index contributed by atoms with van der Waals surface area (Å²) in [5.41, 5.74) is 25.3. The van der Waals surface area contributed by atoms with Crippen LogP contribution in [0.25, 0.3) is 71.6 Å². The predicted octanol–water partition coefficient (Wildman–Crippen LogP) is 18.4. The Balaban J connectivity index is 1.29. The van der Waals surface area contributed by atoms with Crippen LogP contribution in [0.4, 0.5) is 11.4 Å². The highest BCUT2D eigenvalue weighted by Gasteiger charge is 2.55. The van der Waals surface area contributed by atoms with Gasteiger partial charge >= 0.3 is 6.85 Å². The van der Waals surface area contributed by atoms with E-state index in [1.807, 2.05) is 0 Å². The molecule has 0 fully saturated rings. The molecule has 13 rings (SSSR count). The lowest BCUT2D eigenvalue weighted by Gasteiger charge is -2.44. The molecule has 0 saturated heterocycles. The van der Waals surface area contributed by atoms with Crippen molar-refractivity contribution in [1.29, 1.82) is 0 Å². The molecule has 10 aromatic rings. The molecule has 4 heteroatoms. The molecule has 0 amide bonds. The van der Waals surface area contributed by atoms with E-state index >= 15 is 0 Å². The van der Waals surface area contributed by atoms with Crippen LogP contribution in [0.5, 0.6) is 0 Å². The lowest BCUT2D eigenvalue weighted by molar-refractivity contribution is 0.590. The minimum Gasteiger partial charge on any atom is -0.376 e. The van der Waals surface area contributed by atoms with E-state index in [2.05, 4.69) is 281 Å². The van der Waals surface area contributed by atoms with Gasteiger partial charge in [-0.05, 0) is 138 Å². The van der Waals surface area contributed by atoms with E-state index in [1.165, 1.54) is 133 Å². The first-order valence-corrected chi connectivity index (χ1v) is 27.4. The van der Waals surface area contributed by atoms with Crippen molar-refractivity contribution < 1.29 is 0 Å². The summed E-state index contributed by atoms with van der Waals surface area (Å²) in [5.74, 6) is 0. The van der Waals surface area contributed by atoms with Crippen LogP contribution in [-0.4, -0.2) is 15.9 Å². The monoisotopic (exact) mass is 976 g/mol. The molecule has 3 aliphatic rings. The normalized spacial score (nSPS) is 15.5. The Kier molecular flexibility index (Phi) is 10.0. The SMILES string of the molecule is CC1(C)C2=C(C(c3ccccc3)=C1c1ccccc1)N(c1ccc(C(C)(C)C)cc1)c1cc(C(C)(C)C)cc3c1B2n1c2ccc(C(C)(C)C)cc2c2cc4c(c-3c21)c1cc(C(C)(C)C)ccc1n4-c1ccccc1. The van der Waals surface area contributed by atoms with Crippen molar-refractivity contribution in [1.82, 2.24) is 9.05 Å². The van der Waals surface area contributed by atoms with E-state index in [0.29, 0.717) is 0 Å². The Morgan fingerprint density at radius 3 is 1.56 bits per heavy atom. The van der Waals surface area contributed by atoms with Crippen LogP contribution in [0.1, 0.15) is 130 Å². The molecule has 4 heterocycles. The molecule has 0 saturated carbocycles. The third-order valence-corrected chi connectivity index (χ3v) is 17.3. The molecule has 2 aromatic heterocycles. The Morgan fingerprint density at radius 1 is 0.440 bits per heavy atom. The highest BCUT2D eigenvalue weighted by Crippen LogP contribution is 2.62. The van der Waals surface area contributed by atoms with Crippen molar-refractivity contribution in [3.8, 4) is 16.8 Å². The summed E-state index contributed by atoms with van der Waals surface area (Å²) in [6.07, 6.45) is 0. The average molecular weight is 976 g/mol. The second kappa shape index (κ2) is 15.9. The number of allylic oxidation sites excluding steroid dienone is 3. The van der Waals surface area contributed by atoms with Crippen LogP contribution in [0.2, 0.25) is 0 Å². The molecule has 75 heavy (non-hydrogen) atoms. The fraction of sp³-hybridized carbons (Fsp3) is 0.268. The minimum absolute atomic E-state index is 0.000766. The second-order valence-electron chi connectivity index (χ2n) is 26.7. The van der Waals surface area contributed by atoms with Crippen molar-refractivity contribution >= 4 is 78.4 Å². The number of benzene rings is 8. The number of nitrogens with zero attached hydrogens (tertiary/aromatic N) is 3. The molecular weight excluding hydrogens is 906 g/mol. The van der Waals surface area contributed by atoms with Crippen molar-refractivity contribution in [3.63, 3.8) is 0 Å². The van der Waals surface area contributed by atoms with E-state index in [1.54, 1.807) is 0 Å². The summed E-state index contributed by atoms with van der Waals surface area (Å²) in [7, 11) is 0. The molecule has 3 nitrogen and oxygen atoms in total. The minimum atomic E-state index is -0.422. The number of rotatable bonds is 4. The summed E-state index contributed by atoms with van der Waals surface area (Å²) >= 11 is 0. The molecule has 0 radical (unpaired) electrons. The zero-order valence-electron chi connectivity index (χ0n) is 46.6. The van der Waals surface area contributed by atoms with E-state index in [4.69, 9.17) is 0 Å². The van der Waals surface area contributed by atoms with Gasteiger partial charge < -0.3 is 13.9 Å². The molecule has 0 unspecified atom stereocenters. The first-order chi connectivity index (χ1) is 35.5. The maximum Gasteiger partial charge on any atom is 0.329 e. The van der Waals surface area contributed by atoms with Crippen molar-refractivity contribution in [2.24, 2.45) is 5.41 Å². The maximum atomic E-state index is 2.83. The van der Waals surface area contributed by atoms with Crippen LogP contribution >= 0.6 is 0 Å². The zero-order chi connectivity index (χ0) is 52.5. The lowest BCUT2D eigenvalue weighted by atomic mass is 9.40. The quantitative estimate of drug-likeness (QED) is 0.160. The van der Waals surface area contributed by atoms with E-state index in [-0.39, 0.29) is 28.5 Å². The van der Waals surface area contributed by atoms with Crippen LogP contribution in [0.3, 0.4) is 0 Å². The summed E-state index contributed by atoms with van der Waals surface area (Å²) in [6.45, 7) is 33.2. The Hall–Kier alpha value is -7.30. The fourth-order valence-electron chi connectivity index (χ4n) is 13.4. The molecule has 1 aliphatic carbocycles. The highest BCUT2D eigenvalue weighted by molar-refractivity contribution is 6.85.